The Morgan fingerprint density at radius 2 is 1.57 bits per heavy atom. The number of amides is 2. The monoisotopic (exact) mass is 719 g/mol. The van der Waals surface area contributed by atoms with Crippen molar-refractivity contribution < 1.29 is 9.59 Å². The van der Waals surface area contributed by atoms with Crippen molar-refractivity contribution >= 4 is 55.3 Å². The zero-order valence-corrected chi connectivity index (χ0v) is 28.0. The Morgan fingerprint density at radius 3 is 2.31 bits per heavy atom. The highest BCUT2D eigenvalue weighted by atomic mass is 79.9. The second-order valence-electron chi connectivity index (χ2n) is 12.4. The summed E-state index contributed by atoms with van der Waals surface area (Å²) in [7, 11) is 0. The second-order valence-corrected chi connectivity index (χ2v) is 14.6. The smallest absolute Gasteiger partial charge is 0.236 e. The molecule has 42 heavy (non-hydrogen) atoms. The first-order valence-corrected chi connectivity index (χ1v) is 17.4. The predicted octanol–water partition coefficient (Wildman–Crippen LogP) is 5.26. The van der Waals surface area contributed by atoms with E-state index in [9.17, 15) is 9.59 Å². The highest BCUT2D eigenvalue weighted by molar-refractivity contribution is 9.10. The summed E-state index contributed by atoms with van der Waals surface area (Å²) in [5.41, 5.74) is 5.09. The summed E-state index contributed by atoms with van der Waals surface area (Å²) >= 11 is 14.0. The first kappa shape index (κ1) is 30.5. The van der Waals surface area contributed by atoms with Gasteiger partial charge in [-0.2, -0.15) is 0 Å². The summed E-state index contributed by atoms with van der Waals surface area (Å²) in [5.74, 6) is 1.53. The lowest BCUT2D eigenvalue weighted by Crippen LogP contribution is -2.50. The Morgan fingerprint density at radius 1 is 0.881 bits per heavy atom. The number of hydrogen-bond donors (Lipinski definition) is 1. The highest BCUT2D eigenvalue weighted by Crippen LogP contribution is 2.46. The van der Waals surface area contributed by atoms with Crippen molar-refractivity contribution in [3.63, 3.8) is 0 Å². The number of fused-ring (bicyclic) bond motifs is 2. The van der Waals surface area contributed by atoms with Gasteiger partial charge in [0.1, 0.15) is 0 Å². The number of aromatic nitrogens is 1. The minimum absolute atomic E-state index is 0.183. The van der Waals surface area contributed by atoms with E-state index in [1.54, 1.807) is 0 Å². The first-order valence-electron chi connectivity index (χ1n) is 15.5. The molecule has 10 heteroatoms. The summed E-state index contributed by atoms with van der Waals surface area (Å²) in [6.07, 6.45) is 8.34. The lowest BCUT2D eigenvalue weighted by Gasteiger charge is -2.38. The number of rotatable bonds is 5. The topological polar surface area (TPSA) is 68.8 Å². The van der Waals surface area contributed by atoms with Gasteiger partial charge in [0.2, 0.25) is 11.8 Å². The Hall–Kier alpha value is -1.52. The van der Waals surface area contributed by atoms with Crippen LogP contribution in [0.1, 0.15) is 60.4 Å². The molecule has 7 nitrogen and oxygen atoms in total. The van der Waals surface area contributed by atoms with Crippen molar-refractivity contribution in [3.8, 4) is 0 Å². The van der Waals surface area contributed by atoms with Crippen molar-refractivity contribution in [2.24, 2.45) is 11.8 Å². The molecule has 1 aromatic carbocycles. The lowest BCUT2D eigenvalue weighted by atomic mass is 9.76. The number of carbonyl (C=O) groups is 2. The molecule has 1 atom stereocenters. The molecular formula is C32H40Br2ClN5O2. The maximum atomic E-state index is 13.4. The van der Waals surface area contributed by atoms with E-state index in [2.05, 4.69) is 59.1 Å². The van der Waals surface area contributed by atoms with Crippen LogP contribution in [-0.2, 0) is 22.4 Å². The minimum atomic E-state index is 0.183. The van der Waals surface area contributed by atoms with E-state index in [0.29, 0.717) is 30.7 Å². The SMILES string of the molecule is O=C(CC1CCN(CC(=O)N2CCNCC2)CC1)N1CCC([C@H]2c3ncc(Br)cc3CCc3cc(Cl)cc(Br)c32)CC1. The Labute approximate surface area is 271 Å². The quantitative estimate of drug-likeness (QED) is 0.457. The van der Waals surface area contributed by atoms with Crippen LogP contribution < -0.4 is 5.32 Å². The van der Waals surface area contributed by atoms with Crippen LogP contribution in [-0.4, -0.2) is 90.4 Å². The van der Waals surface area contributed by atoms with Gasteiger partial charge in [-0.15, -0.1) is 0 Å². The molecule has 2 amide bonds. The van der Waals surface area contributed by atoms with E-state index in [0.717, 1.165) is 105 Å². The third kappa shape index (κ3) is 6.90. The van der Waals surface area contributed by atoms with E-state index in [-0.39, 0.29) is 11.8 Å². The molecule has 0 bridgehead atoms. The number of likely N-dealkylation sites (tertiary alicyclic amines) is 2. The number of benzene rings is 1. The Bertz CT molecular complexity index is 1300. The van der Waals surface area contributed by atoms with Gasteiger partial charge >= 0.3 is 0 Å². The zero-order chi connectivity index (χ0) is 29.2. The fraction of sp³-hybridized carbons (Fsp3) is 0.594. The number of piperidine rings is 2. The van der Waals surface area contributed by atoms with Crippen molar-refractivity contribution in [2.75, 3.05) is 58.9 Å². The number of hydrogen-bond acceptors (Lipinski definition) is 5. The maximum Gasteiger partial charge on any atom is 0.236 e. The zero-order valence-electron chi connectivity index (χ0n) is 24.1. The molecule has 2 aromatic rings. The van der Waals surface area contributed by atoms with E-state index in [1.807, 2.05) is 17.2 Å². The average Bonchev–Trinajstić information content (AvgIpc) is 3.15. The van der Waals surface area contributed by atoms with Crippen molar-refractivity contribution in [2.45, 2.75) is 50.9 Å². The molecule has 1 aliphatic carbocycles. The van der Waals surface area contributed by atoms with Gasteiger partial charge in [-0.05, 0) is 114 Å². The fourth-order valence-corrected chi connectivity index (χ4v) is 8.94. The van der Waals surface area contributed by atoms with Gasteiger partial charge < -0.3 is 15.1 Å². The standard InChI is InChI=1S/C32H40Br2ClN5O2/c33-25-16-24-2-1-23-17-26(35)18-27(34)30(23)31(32(24)37-19-25)22-5-11-39(12-6-22)28(41)15-21-3-9-38(10-4-21)20-29(42)40-13-7-36-8-14-40/h16-19,21-22,31,36H,1-15,20H2/t31-/m1/s1. The van der Waals surface area contributed by atoms with Gasteiger partial charge in [-0.1, -0.05) is 27.5 Å². The largest absolute Gasteiger partial charge is 0.343 e. The van der Waals surface area contributed by atoms with Crippen LogP contribution in [0.15, 0.2) is 33.3 Å². The van der Waals surface area contributed by atoms with E-state index >= 15 is 0 Å². The first-order chi connectivity index (χ1) is 20.4. The van der Waals surface area contributed by atoms with Crippen LogP contribution in [0.3, 0.4) is 0 Å². The van der Waals surface area contributed by atoms with Gasteiger partial charge in [-0.3, -0.25) is 19.5 Å². The maximum absolute atomic E-state index is 13.4. The summed E-state index contributed by atoms with van der Waals surface area (Å²) < 4.78 is 2.08. The van der Waals surface area contributed by atoms with Gasteiger partial charge in [-0.25, -0.2) is 0 Å². The van der Waals surface area contributed by atoms with E-state index < -0.39 is 0 Å². The second kappa shape index (κ2) is 13.6. The van der Waals surface area contributed by atoms with Crippen LogP contribution in [0.2, 0.25) is 5.02 Å². The van der Waals surface area contributed by atoms with Gasteiger partial charge in [0.25, 0.3) is 0 Å². The van der Waals surface area contributed by atoms with Gasteiger partial charge in [0, 0.05) is 71.8 Å². The third-order valence-electron chi connectivity index (χ3n) is 9.78. The molecular weight excluding hydrogens is 682 g/mol. The van der Waals surface area contributed by atoms with Crippen LogP contribution >= 0.6 is 43.5 Å². The molecule has 6 rings (SSSR count). The van der Waals surface area contributed by atoms with Crippen LogP contribution in [0.25, 0.3) is 0 Å². The number of halogens is 3. The summed E-state index contributed by atoms with van der Waals surface area (Å²) in [6, 6.07) is 6.37. The number of pyridine rings is 1. The normalized spacial score (nSPS) is 22.4. The van der Waals surface area contributed by atoms with Gasteiger partial charge in [0.15, 0.2) is 0 Å². The summed E-state index contributed by atoms with van der Waals surface area (Å²) in [4.78, 5) is 37.4. The lowest BCUT2D eigenvalue weighted by molar-refractivity contribution is -0.135. The molecule has 0 saturated carbocycles. The fourth-order valence-electron chi connectivity index (χ4n) is 7.44. The number of piperazine rings is 1. The van der Waals surface area contributed by atoms with Crippen LogP contribution in [0.4, 0.5) is 0 Å². The van der Waals surface area contributed by atoms with E-state index in [1.165, 1.54) is 22.4 Å². The Balaban J connectivity index is 1.05. The number of carbonyl (C=O) groups excluding carboxylic acids is 2. The summed E-state index contributed by atoms with van der Waals surface area (Å²) in [5, 5.41) is 4.07. The molecule has 4 aliphatic rings. The molecule has 3 fully saturated rings. The third-order valence-corrected chi connectivity index (χ3v) is 11.1. The predicted molar refractivity (Wildman–Crippen MR) is 173 cm³/mol. The van der Waals surface area contributed by atoms with Crippen molar-refractivity contribution in [1.29, 1.82) is 0 Å². The molecule has 226 valence electrons. The van der Waals surface area contributed by atoms with Crippen LogP contribution in [0.5, 0.6) is 0 Å². The molecule has 4 heterocycles. The molecule has 3 aliphatic heterocycles. The average molecular weight is 722 g/mol. The molecule has 0 radical (unpaired) electrons. The van der Waals surface area contributed by atoms with Gasteiger partial charge in [0.05, 0.1) is 12.2 Å². The Kier molecular flexibility index (Phi) is 9.90. The van der Waals surface area contributed by atoms with Crippen LogP contribution in [0, 0.1) is 11.8 Å². The number of nitrogens with zero attached hydrogens (tertiary/aromatic N) is 4. The number of nitrogens with one attached hydrogen (secondary N) is 1. The summed E-state index contributed by atoms with van der Waals surface area (Å²) in [6.45, 7) is 7.29. The molecule has 3 saturated heterocycles. The molecule has 0 spiro atoms. The minimum Gasteiger partial charge on any atom is -0.343 e. The van der Waals surface area contributed by atoms with Crippen molar-refractivity contribution in [3.05, 3.63) is 60.7 Å². The highest BCUT2D eigenvalue weighted by Gasteiger charge is 2.37. The van der Waals surface area contributed by atoms with E-state index in [4.69, 9.17) is 16.6 Å². The molecule has 1 N–H and O–H groups in total. The number of aryl methyl sites for hydroxylation is 2. The molecule has 0 unspecified atom stereocenters. The molecule has 1 aromatic heterocycles. The van der Waals surface area contributed by atoms with Crippen molar-refractivity contribution in [1.82, 2.24) is 25.0 Å².